The number of hydrogen-bond acceptors (Lipinski definition) is 2. The molecule has 0 aliphatic heterocycles. The van der Waals surface area contributed by atoms with Crippen molar-refractivity contribution >= 4 is 33.9 Å². The Balaban J connectivity index is 1.96. The van der Waals surface area contributed by atoms with Crippen molar-refractivity contribution < 1.29 is 0 Å². The van der Waals surface area contributed by atoms with Crippen molar-refractivity contribution in [3.8, 4) is 0 Å². The van der Waals surface area contributed by atoms with Crippen molar-refractivity contribution in [3.05, 3.63) is 54.8 Å². The normalized spacial score (nSPS) is 15.7. The standard InChI is InChI=1S/C15H16INS/c1-17-15(13-8-14(16)18-9-13)12-6-5-10-3-2-4-11(10)7-12/h5-9,15,17H,2-4H2,1H3. The Hall–Kier alpha value is -0.390. The lowest BCUT2D eigenvalue weighted by atomic mass is 9.97. The molecule has 1 aliphatic rings. The fourth-order valence-electron chi connectivity index (χ4n) is 2.77. The summed E-state index contributed by atoms with van der Waals surface area (Å²) in [7, 11) is 2.04. The Labute approximate surface area is 126 Å². The summed E-state index contributed by atoms with van der Waals surface area (Å²) in [6, 6.07) is 9.61. The summed E-state index contributed by atoms with van der Waals surface area (Å²) in [5.74, 6) is 0. The summed E-state index contributed by atoms with van der Waals surface area (Å²) in [5, 5.41) is 5.70. The molecule has 1 N–H and O–H groups in total. The van der Waals surface area contributed by atoms with Gasteiger partial charge in [0.25, 0.3) is 0 Å². The van der Waals surface area contributed by atoms with E-state index in [1.54, 1.807) is 11.1 Å². The Morgan fingerprint density at radius 3 is 2.72 bits per heavy atom. The number of aryl methyl sites for hydroxylation is 2. The molecule has 0 spiro atoms. The van der Waals surface area contributed by atoms with Gasteiger partial charge >= 0.3 is 0 Å². The van der Waals surface area contributed by atoms with Crippen LogP contribution in [-0.4, -0.2) is 7.05 Å². The van der Waals surface area contributed by atoms with Crippen LogP contribution in [0, 0.1) is 2.88 Å². The van der Waals surface area contributed by atoms with Crippen LogP contribution >= 0.6 is 33.9 Å². The molecule has 0 radical (unpaired) electrons. The molecule has 1 heterocycles. The molecule has 0 amide bonds. The number of thiophene rings is 1. The highest BCUT2D eigenvalue weighted by atomic mass is 127. The number of benzene rings is 1. The molecule has 1 aromatic carbocycles. The fourth-order valence-corrected chi connectivity index (χ4v) is 4.17. The van der Waals surface area contributed by atoms with Crippen LogP contribution in [0.5, 0.6) is 0 Å². The summed E-state index contributed by atoms with van der Waals surface area (Å²) in [5.41, 5.74) is 5.88. The van der Waals surface area contributed by atoms with Gasteiger partial charge in [0.1, 0.15) is 0 Å². The molecule has 18 heavy (non-hydrogen) atoms. The molecule has 3 rings (SSSR count). The Kier molecular flexibility index (Phi) is 3.73. The van der Waals surface area contributed by atoms with E-state index in [0.29, 0.717) is 6.04 Å². The van der Waals surface area contributed by atoms with E-state index in [-0.39, 0.29) is 0 Å². The Morgan fingerprint density at radius 1 is 1.17 bits per heavy atom. The number of fused-ring (bicyclic) bond motifs is 1. The average molecular weight is 369 g/mol. The summed E-state index contributed by atoms with van der Waals surface area (Å²) < 4.78 is 1.35. The number of nitrogens with one attached hydrogen (secondary N) is 1. The van der Waals surface area contributed by atoms with Crippen LogP contribution in [-0.2, 0) is 12.8 Å². The quantitative estimate of drug-likeness (QED) is 0.802. The van der Waals surface area contributed by atoms with E-state index in [0.717, 1.165) is 0 Å². The highest BCUT2D eigenvalue weighted by molar-refractivity contribution is 14.1. The van der Waals surface area contributed by atoms with Gasteiger partial charge in [-0.2, -0.15) is 0 Å². The van der Waals surface area contributed by atoms with E-state index in [1.165, 1.54) is 33.3 Å². The molecular weight excluding hydrogens is 353 g/mol. The summed E-state index contributed by atoms with van der Waals surface area (Å²) in [6.45, 7) is 0. The van der Waals surface area contributed by atoms with Gasteiger partial charge in [0.05, 0.1) is 8.93 Å². The first-order chi connectivity index (χ1) is 8.78. The molecule has 0 fully saturated rings. The first-order valence-electron chi connectivity index (χ1n) is 6.31. The maximum atomic E-state index is 3.44. The minimum atomic E-state index is 0.329. The van der Waals surface area contributed by atoms with E-state index in [1.807, 2.05) is 18.4 Å². The van der Waals surface area contributed by atoms with Crippen LogP contribution in [0.2, 0.25) is 0 Å². The van der Waals surface area contributed by atoms with Gasteiger partial charge < -0.3 is 5.32 Å². The molecule has 1 atom stereocenters. The third-order valence-electron chi connectivity index (χ3n) is 3.67. The van der Waals surface area contributed by atoms with Gasteiger partial charge in [0.2, 0.25) is 0 Å². The van der Waals surface area contributed by atoms with E-state index in [2.05, 4.69) is 57.6 Å². The molecule has 3 heteroatoms. The molecule has 1 unspecified atom stereocenters. The first kappa shape index (κ1) is 12.6. The zero-order valence-electron chi connectivity index (χ0n) is 10.4. The van der Waals surface area contributed by atoms with Gasteiger partial charge in [-0.1, -0.05) is 18.2 Å². The maximum absolute atomic E-state index is 3.44. The van der Waals surface area contributed by atoms with Gasteiger partial charge in [0, 0.05) is 0 Å². The zero-order valence-corrected chi connectivity index (χ0v) is 13.3. The Morgan fingerprint density at radius 2 is 2.00 bits per heavy atom. The third kappa shape index (κ3) is 2.36. The number of halogens is 1. The van der Waals surface area contributed by atoms with E-state index in [4.69, 9.17) is 0 Å². The lowest BCUT2D eigenvalue weighted by Crippen LogP contribution is -2.17. The molecule has 0 saturated heterocycles. The largest absolute Gasteiger partial charge is 0.309 e. The second kappa shape index (κ2) is 5.31. The molecule has 0 bridgehead atoms. The zero-order chi connectivity index (χ0) is 12.5. The van der Waals surface area contributed by atoms with Crippen molar-refractivity contribution in [2.24, 2.45) is 0 Å². The number of hydrogen-bond donors (Lipinski definition) is 1. The monoisotopic (exact) mass is 369 g/mol. The smallest absolute Gasteiger partial charge is 0.0656 e. The van der Waals surface area contributed by atoms with Crippen LogP contribution < -0.4 is 5.32 Å². The minimum Gasteiger partial charge on any atom is -0.309 e. The molecule has 1 aromatic heterocycles. The van der Waals surface area contributed by atoms with Gasteiger partial charge in [-0.25, -0.2) is 0 Å². The second-order valence-electron chi connectivity index (χ2n) is 4.79. The van der Waals surface area contributed by atoms with Crippen molar-refractivity contribution in [2.45, 2.75) is 25.3 Å². The van der Waals surface area contributed by atoms with Crippen molar-refractivity contribution in [2.75, 3.05) is 7.05 Å². The molecule has 94 valence electrons. The van der Waals surface area contributed by atoms with Crippen LogP contribution in [0.1, 0.15) is 34.7 Å². The van der Waals surface area contributed by atoms with Crippen molar-refractivity contribution in [3.63, 3.8) is 0 Å². The van der Waals surface area contributed by atoms with Gasteiger partial charge in [-0.3, -0.25) is 0 Å². The lowest BCUT2D eigenvalue weighted by molar-refractivity contribution is 0.693. The summed E-state index contributed by atoms with van der Waals surface area (Å²) in [4.78, 5) is 0. The topological polar surface area (TPSA) is 12.0 Å². The minimum absolute atomic E-state index is 0.329. The fraction of sp³-hybridized carbons (Fsp3) is 0.333. The molecule has 1 aliphatic carbocycles. The molecular formula is C15H16INS. The first-order valence-corrected chi connectivity index (χ1v) is 8.26. The van der Waals surface area contributed by atoms with Crippen molar-refractivity contribution in [1.82, 2.24) is 5.32 Å². The lowest BCUT2D eigenvalue weighted by Gasteiger charge is -2.16. The van der Waals surface area contributed by atoms with Gasteiger partial charge in [0.15, 0.2) is 0 Å². The van der Waals surface area contributed by atoms with Gasteiger partial charge in [-0.15, -0.1) is 11.3 Å². The van der Waals surface area contributed by atoms with Crippen LogP contribution in [0.3, 0.4) is 0 Å². The van der Waals surface area contributed by atoms with Crippen LogP contribution in [0.25, 0.3) is 0 Å². The highest BCUT2D eigenvalue weighted by Gasteiger charge is 2.17. The summed E-state index contributed by atoms with van der Waals surface area (Å²) in [6.07, 6.45) is 3.83. The van der Waals surface area contributed by atoms with E-state index in [9.17, 15) is 0 Å². The van der Waals surface area contributed by atoms with Crippen LogP contribution in [0.15, 0.2) is 29.6 Å². The van der Waals surface area contributed by atoms with Gasteiger partial charge in [-0.05, 0) is 82.6 Å². The average Bonchev–Trinajstić information content (AvgIpc) is 2.99. The Bertz CT molecular complexity index is 561. The highest BCUT2D eigenvalue weighted by Crippen LogP contribution is 2.30. The third-order valence-corrected chi connectivity index (χ3v) is 5.47. The predicted molar refractivity (Wildman–Crippen MR) is 86.4 cm³/mol. The predicted octanol–water partition coefficient (Wildman–Crippen LogP) is 4.15. The molecule has 0 saturated carbocycles. The van der Waals surface area contributed by atoms with E-state index >= 15 is 0 Å². The second-order valence-corrected chi connectivity index (χ2v) is 7.59. The number of rotatable bonds is 3. The van der Waals surface area contributed by atoms with E-state index < -0.39 is 0 Å². The maximum Gasteiger partial charge on any atom is 0.0656 e. The molecule has 1 nitrogen and oxygen atoms in total. The van der Waals surface area contributed by atoms with Crippen LogP contribution in [0.4, 0.5) is 0 Å². The summed E-state index contributed by atoms with van der Waals surface area (Å²) >= 11 is 4.20. The van der Waals surface area contributed by atoms with Crippen molar-refractivity contribution in [1.29, 1.82) is 0 Å². The molecule has 2 aromatic rings. The SMILES string of the molecule is CNC(c1csc(I)c1)c1ccc2c(c1)CCC2.